The standard InChI is InChI=1S/C28H29F2N5O2S/c1-17(14-29)32-15-18-2-7-22(23(30)12-18)24-13-26(37-35-24)27-28(31)33-16-25(34-27)19-3-5-20(6-4-19)38-21-8-10-36-11-9-21/h2-7,12-13,16-17,21,32H,8-11,14-15H2,1H3,(H2,31,33). The van der Waals surface area contributed by atoms with Crippen molar-refractivity contribution in [2.24, 2.45) is 0 Å². The lowest BCUT2D eigenvalue weighted by Crippen LogP contribution is -2.27. The average Bonchev–Trinajstić information content (AvgIpc) is 3.43. The largest absolute Gasteiger partial charge is 0.382 e. The molecule has 3 N–H and O–H groups in total. The zero-order chi connectivity index (χ0) is 26.5. The Hall–Kier alpha value is -3.34. The Morgan fingerprint density at radius 1 is 1.11 bits per heavy atom. The maximum absolute atomic E-state index is 14.9. The van der Waals surface area contributed by atoms with Gasteiger partial charge in [0, 0.05) is 53.1 Å². The van der Waals surface area contributed by atoms with Gasteiger partial charge in [-0.15, -0.1) is 11.8 Å². The molecule has 1 saturated heterocycles. The summed E-state index contributed by atoms with van der Waals surface area (Å²) in [5.41, 5.74) is 9.28. The molecule has 0 radical (unpaired) electrons. The number of nitrogens with one attached hydrogen (secondary N) is 1. The summed E-state index contributed by atoms with van der Waals surface area (Å²) in [5, 5.41) is 7.60. The van der Waals surface area contributed by atoms with Gasteiger partial charge < -0.3 is 20.3 Å². The molecule has 1 aliphatic rings. The van der Waals surface area contributed by atoms with E-state index in [1.807, 2.05) is 23.9 Å². The first kappa shape index (κ1) is 26.3. The third-order valence-corrected chi connectivity index (χ3v) is 7.71. The summed E-state index contributed by atoms with van der Waals surface area (Å²) in [7, 11) is 0. The fraction of sp³-hybridized carbons (Fsp3) is 0.321. The first-order valence-electron chi connectivity index (χ1n) is 12.5. The molecule has 7 nitrogen and oxygen atoms in total. The Balaban J connectivity index is 1.32. The van der Waals surface area contributed by atoms with Crippen molar-refractivity contribution in [2.45, 2.75) is 42.5 Å². The van der Waals surface area contributed by atoms with Crippen LogP contribution in [0.1, 0.15) is 25.3 Å². The van der Waals surface area contributed by atoms with E-state index in [2.05, 4.69) is 32.6 Å². The summed E-state index contributed by atoms with van der Waals surface area (Å²) >= 11 is 1.87. The monoisotopic (exact) mass is 537 g/mol. The van der Waals surface area contributed by atoms with Crippen LogP contribution in [0.15, 0.2) is 64.1 Å². The van der Waals surface area contributed by atoms with Gasteiger partial charge in [0.15, 0.2) is 17.3 Å². The molecule has 1 atom stereocenters. The molecule has 4 aromatic rings. The van der Waals surface area contributed by atoms with Gasteiger partial charge in [0.25, 0.3) is 0 Å². The van der Waals surface area contributed by atoms with Crippen molar-refractivity contribution in [3.63, 3.8) is 0 Å². The second-order valence-electron chi connectivity index (χ2n) is 9.27. The molecule has 2 aromatic carbocycles. The SMILES string of the molecule is CC(CF)NCc1ccc(-c2cc(-c3nc(-c4ccc(SC5CCOCC5)cc4)cnc3N)on2)c(F)c1. The Morgan fingerprint density at radius 3 is 2.63 bits per heavy atom. The molecule has 2 aromatic heterocycles. The van der Waals surface area contributed by atoms with E-state index in [1.165, 1.54) is 11.0 Å². The van der Waals surface area contributed by atoms with Gasteiger partial charge in [0.05, 0.1) is 11.9 Å². The van der Waals surface area contributed by atoms with E-state index in [-0.39, 0.29) is 17.4 Å². The number of thioether (sulfide) groups is 1. The van der Waals surface area contributed by atoms with Crippen LogP contribution in [-0.2, 0) is 11.3 Å². The Bertz CT molecular complexity index is 1380. The molecule has 1 aliphatic heterocycles. The molecule has 5 rings (SSSR count). The van der Waals surface area contributed by atoms with Crippen LogP contribution in [0.3, 0.4) is 0 Å². The van der Waals surface area contributed by atoms with Crippen molar-refractivity contribution in [3.05, 3.63) is 66.1 Å². The topological polar surface area (TPSA) is 99.1 Å². The maximum atomic E-state index is 14.9. The number of nitrogens with two attached hydrogens (primary N) is 1. The third kappa shape index (κ3) is 6.20. The quantitative estimate of drug-likeness (QED) is 0.272. The summed E-state index contributed by atoms with van der Waals surface area (Å²) in [6, 6.07) is 14.3. The molecule has 38 heavy (non-hydrogen) atoms. The van der Waals surface area contributed by atoms with Gasteiger partial charge in [-0.05, 0) is 49.6 Å². The normalized spacial score (nSPS) is 15.0. The van der Waals surface area contributed by atoms with Crippen LogP contribution >= 0.6 is 11.8 Å². The Labute approximate surface area is 224 Å². The van der Waals surface area contributed by atoms with Gasteiger partial charge >= 0.3 is 0 Å². The van der Waals surface area contributed by atoms with Crippen LogP contribution in [0.25, 0.3) is 34.0 Å². The summed E-state index contributed by atoms with van der Waals surface area (Å²) < 4.78 is 38.5. The van der Waals surface area contributed by atoms with E-state index in [0.717, 1.165) is 31.6 Å². The van der Waals surface area contributed by atoms with Crippen molar-refractivity contribution in [1.29, 1.82) is 0 Å². The maximum Gasteiger partial charge on any atom is 0.189 e. The highest BCUT2D eigenvalue weighted by Crippen LogP contribution is 2.33. The molecule has 1 fully saturated rings. The summed E-state index contributed by atoms with van der Waals surface area (Å²) in [5.74, 6) is 0.0241. The van der Waals surface area contributed by atoms with Gasteiger partial charge in [-0.25, -0.2) is 18.7 Å². The van der Waals surface area contributed by atoms with Crippen molar-refractivity contribution >= 4 is 17.6 Å². The van der Waals surface area contributed by atoms with Crippen LogP contribution in [0, 0.1) is 5.82 Å². The molecule has 3 heterocycles. The second-order valence-corrected chi connectivity index (χ2v) is 10.6. The minimum absolute atomic E-state index is 0.187. The van der Waals surface area contributed by atoms with Crippen LogP contribution in [-0.4, -0.2) is 46.3 Å². The summed E-state index contributed by atoms with van der Waals surface area (Å²) in [6.07, 6.45) is 3.74. The predicted octanol–water partition coefficient (Wildman–Crippen LogP) is 5.91. The number of ether oxygens (including phenoxy) is 1. The summed E-state index contributed by atoms with van der Waals surface area (Å²) in [4.78, 5) is 10.2. The number of hydrogen-bond donors (Lipinski definition) is 2. The third-order valence-electron chi connectivity index (χ3n) is 6.36. The highest BCUT2D eigenvalue weighted by Gasteiger charge is 2.18. The highest BCUT2D eigenvalue weighted by atomic mass is 32.2. The molecular weight excluding hydrogens is 508 g/mol. The van der Waals surface area contributed by atoms with Crippen LogP contribution < -0.4 is 11.1 Å². The average molecular weight is 538 g/mol. The molecule has 0 saturated carbocycles. The minimum atomic E-state index is -0.490. The predicted molar refractivity (Wildman–Crippen MR) is 145 cm³/mol. The molecular formula is C28H29F2N5O2S. The van der Waals surface area contributed by atoms with E-state index >= 15 is 0 Å². The van der Waals surface area contributed by atoms with Gasteiger partial charge in [0.2, 0.25) is 0 Å². The second kappa shape index (κ2) is 12.0. The Morgan fingerprint density at radius 2 is 1.89 bits per heavy atom. The number of anilines is 1. The molecule has 0 bridgehead atoms. The van der Waals surface area contributed by atoms with Gasteiger partial charge in [-0.1, -0.05) is 23.4 Å². The van der Waals surface area contributed by atoms with Gasteiger partial charge in [-0.2, -0.15) is 0 Å². The lowest BCUT2D eigenvalue weighted by Gasteiger charge is -2.21. The van der Waals surface area contributed by atoms with Crippen molar-refractivity contribution in [2.75, 3.05) is 25.6 Å². The fourth-order valence-corrected chi connectivity index (χ4v) is 5.25. The molecule has 0 spiro atoms. The number of rotatable bonds is 9. The fourth-order valence-electron chi connectivity index (χ4n) is 4.15. The van der Waals surface area contributed by atoms with E-state index in [4.69, 9.17) is 15.0 Å². The number of nitrogens with zero attached hydrogens (tertiary/aromatic N) is 3. The minimum Gasteiger partial charge on any atom is -0.382 e. The number of alkyl halides is 1. The van der Waals surface area contributed by atoms with Gasteiger partial charge in [-0.3, -0.25) is 0 Å². The number of halogens is 2. The number of nitrogen functional groups attached to an aromatic ring is 1. The van der Waals surface area contributed by atoms with E-state index in [9.17, 15) is 8.78 Å². The van der Waals surface area contributed by atoms with Crippen LogP contribution in [0.2, 0.25) is 0 Å². The van der Waals surface area contributed by atoms with Crippen LogP contribution in [0.5, 0.6) is 0 Å². The lowest BCUT2D eigenvalue weighted by molar-refractivity contribution is 0.100. The lowest BCUT2D eigenvalue weighted by atomic mass is 10.1. The molecule has 0 aliphatic carbocycles. The van der Waals surface area contributed by atoms with Crippen LogP contribution in [0.4, 0.5) is 14.6 Å². The first-order valence-corrected chi connectivity index (χ1v) is 13.4. The van der Waals surface area contributed by atoms with Crippen molar-refractivity contribution < 1.29 is 18.0 Å². The zero-order valence-corrected chi connectivity index (χ0v) is 21.8. The molecule has 198 valence electrons. The highest BCUT2D eigenvalue weighted by molar-refractivity contribution is 8.00. The van der Waals surface area contributed by atoms with E-state index in [1.54, 1.807) is 31.3 Å². The van der Waals surface area contributed by atoms with E-state index < -0.39 is 12.5 Å². The zero-order valence-electron chi connectivity index (χ0n) is 21.0. The van der Waals surface area contributed by atoms with Crippen molar-refractivity contribution in [3.8, 4) is 34.0 Å². The number of benzene rings is 2. The smallest absolute Gasteiger partial charge is 0.189 e. The van der Waals surface area contributed by atoms with Crippen molar-refractivity contribution in [1.82, 2.24) is 20.4 Å². The van der Waals surface area contributed by atoms with E-state index in [0.29, 0.717) is 40.2 Å². The first-order chi connectivity index (χ1) is 18.5. The number of aromatic nitrogens is 3. The molecule has 0 amide bonds. The Kier molecular flexibility index (Phi) is 8.31. The molecule has 1 unspecified atom stereocenters. The molecule has 10 heteroatoms. The van der Waals surface area contributed by atoms with Gasteiger partial charge in [0.1, 0.15) is 18.2 Å². The summed E-state index contributed by atoms with van der Waals surface area (Å²) in [6.45, 7) is 3.24. The number of hydrogen-bond acceptors (Lipinski definition) is 8.